The fraction of sp³-hybridized carbons (Fsp3) is 0.667. The van der Waals surface area contributed by atoms with Gasteiger partial charge in [0.05, 0.1) is 12.4 Å². The summed E-state index contributed by atoms with van der Waals surface area (Å²) in [5.74, 6) is 2.62. The molecule has 102 valence electrons. The second-order valence-electron chi connectivity index (χ2n) is 5.82. The quantitative estimate of drug-likeness (QED) is 0.858. The second kappa shape index (κ2) is 3.90. The van der Waals surface area contributed by atoms with Crippen LogP contribution in [-0.4, -0.2) is 24.4 Å². The van der Waals surface area contributed by atoms with Crippen molar-refractivity contribution in [2.75, 3.05) is 0 Å². The highest BCUT2D eigenvalue weighted by molar-refractivity contribution is 7.89. The highest BCUT2D eigenvalue weighted by Crippen LogP contribution is 2.65. The first-order chi connectivity index (χ1) is 9.06. The van der Waals surface area contributed by atoms with Crippen LogP contribution in [0.5, 0.6) is 0 Å². The standard InChI is InChI=1S/C12H14ClN3O2S/c13-12-14-4-8(5-15-12)19(17,18)16-11-9-6-1-2-7(3-6)10(9)11/h4-7,9-11,16H,1-3H2. The lowest BCUT2D eigenvalue weighted by atomic mass is 10.0. The van der Waals surface area contributed by atoms with Crippen LogP contribution in [0.1, 0.15) is 19.3 Å². The molecule has 3 saturated carbocycles. The molecule has 3 aliphatic rings. The molecule has 1 aromatic heterocycles. The van der Waals surface area contributed by atoms with Gasteiger partial charge in [-0.05, 0) is 54.5 Å². The molecule has 0 aliphatic heterocycles. The van der Waals surface area contributed by atoms with Crippen LogP contribution in [0.15, 0.2) is 17.3 Å². The maximum atomic E-state index is 12.2. The molecule has 5 nitrogen and oxygen atoms in total. The summed E-state index contributed by atoms with van der Waals surface area (Å²) < 4.78 is 27.3. The zero-order valence-electron chi connectivity index (χ0n) is 10.2. The third kappa shape index (κ3) is 1.80. The molecule has 3 fully saturated rings. The maximum Gasteiger partial charge on any atom is 0.243 e. The Bertz CT molecular complexity index is 602. The van der Waals surface area contributed by atoms with Gasteiger partial charge >= 0.3 is 0 Å². The molecule has 0 saturated heterocycles. The first-order valence-corrected chi connectivity index (χ1v) is 8.42. The number of hydrogen-bond donors (Lipinski definition) is 1. The summed E-state index contributed by atoms with van der Waals surface area (Å²) in [4.78, 5) is 7.54. The van der Waals surface area contributed by atoms with Gasteiger partial charge in [-0.1, -0.05) is 0 Å². The van der Waals surface area contributed by atoms with E-state index in [1.165, 1.54) is 31.7 Å². The Morgan fingerprint density at radius 1 is 1.16 bits per heavy atom. The lowest BCUT2D eigenvalue weighted by molar-refractivity contribution is 0.456. The highest BCUT2D eigenvalue weighted by atomic mass is 35.5. The number of rotatable bonds is 3. The van der Waals surface area contributed by atoms with E-state index in [0.29, 0.717) is 11.8 Å². The van der Waals surface area contributed by atoms with Gasteiger partial charge in [0.2, 0.25) is 15.3 Å². The summed E-state index contributed by atoms with van der Waals surface area (Å²) >= 11 is 5.57. The summed E-state index contributed by atoms with van der Waals surface area (Å²) in [6.07, 6.45) is 6.36. The fourth-order valence-corrected chi connectivity index (χ4v) is 5.46. The number of aromatic nitrogens is 2. The van der Waals surface area contributed by atoms with Crippen LogP contribution in [0.25, 0.3) is 0 Å². The van der Waals surface area contributed by atoms with E-state index < -0.39 is 10.0 Å². The monoisotopic (exact) mass is 299 g/mol. The van der Waals surface area contributed by atoms with Crippen LogP contribution in [0.3, 0.4) is 0 Å². The molecule has 4 atom stereocenters. The normalized spacial score (nSPS) is 39.3. The smallest absolute Gasteiger partial charge is 0.225 e. The Kier molecular flexibility index (Phi) is 2.47. The predicted octanol–water partition coefficient (Wildman–Crippen LogP) is 1.45. The Morgan fingerprint density at radius 2 is 1.74 bits per heavy atom. The molecular weight excluding hydrogens is 286 g/mol. The Labute approximate surface area is 116 Å². The van der Waals surface area contributed by atoms with Gasteiger partial charge in [-0.3, -0.25) is 0 Å². The fourth-order valence-electron chi connectivity index (χ4n) is 4.17. The number of nitrogens with zero attached hydrogens (tertiary/aromatic N) is 2. The number of hydrogen-bond acceptors (Lipinski definition) is 4. The summed E-state index contributed by atoms with van der Waals surface area (Å²) in [7, 11) is -3.51. The van der Waals surface area contributed by atoms with Gasteiger partial charge in [-0.25, -0.2) is 23.1 Å². The largest absolute Gasteiger partial charge is 0.243 e. The van der Waals surface area contributed by atoms with E-state index >= 15 is 0 Å². The van der Waals surface area contributed by atoms with Gasteiger partial charge < -0.3 is 0 Å². The minimum Gasteiger partial charge on any atom is -0.225 e. The van der Waals surface area contributed by atoms with E-state index in [1.54, 1.807) is 0 Å². The zero-order valence-corrected chi connectivity index (χ0v) is 11.7. The molecule has 1 aromatic rings. The van der Waals surface area contributed by atoms with Crippen molar-refractivity contribution in [3.63, 3.8) is 0 Å². The highest BCUT2D eigenvalue weighted by Gasteiger charge is 2.65. The molecule has 0 spiro atoms. The number of fused-ring (bicyclic) bond motifs is 5. The van der Waals surface area contributed by atoms with Crippen LogP contribution < -0.4 is 4.72 Å². The van der Waals surface area contributed by atoms with Crippen molar-refractivity contribution in [3.05, 3.63) is 17.7 Å². The number of halogens is 1. The van der Waals surface area contributed by atoms with Crippen molar-refractivity contribution in [2.45, 2.75) is 30.2 Å². The van der Waals surface area contributed by atoms with Crippen molar-refractivity contribution in [1.82, 2.24) is 14.7 Å². The molecule has 1 N–H and O–H groups in total. The Hall–Kier alpha value is -0.720. The first-order valence-electron chi connectivity index (χ1n) is 6.56. The molecule has 4 rings (SSSR count). The van der Waals surface area contributed by atoms with Gasteiger partial charge in [0.1, 0.15) is 4.90 Å². The lowest BCUT2D eigenvalue weighted by Gasteiger charge is -2.10. The molecule has 0 radical (unpaired) electrons. The van der Waals surface area contributed by atoms with Crippen LogP contribution in [0.4, 0.5) is 0 Å². The van der Waals surface area contributed by atoms with Crippen LogP contribution in [-0.2, 0) is 10.0 Å². The molecule has 3 aliphatic carbocycles. The van der Waals surface area contributed by atoms with E-state index in [9.17, 15) is 8.42 Å². The van der Waals surface area contributed by atoms with Crippen molar-refractivity contribution in [3.8, 4) is 0 Å². The van der Waals surface area contributed by atoms with Gasteiger partial charge in [-0.15, -0.1) is 0 Å². The second-order valence-corrected chi connectivity index (χ2v) is 7.87. The Balaban J connectivity index is 1.53. The Morgan fingerprint density at radius 3 is 2.32 bits per heavy atom. The van der Waals surface area contributed by atoms with E-state index in [-0.39, 0.29) is 16.2 Å². The predicted molar refractivity (Wildman–Crippen MR) is 69.0 cm³/mol. The molecule has 19 heavy (non-hydrogen) atoms. The van der Waals surface area contributed by atoms with Crippen molar-refractivity contribution in [1.29, 1.82) is 0 Å². The summed E-state index contributed by atoms with van der Waals surface area (Å²) in [5, 5.41) is 0.0558. The number of nitrogens with one attached hydrogen (secondary N) is 1. The zero-order chi connectivity index (χ0) is 13.2. The van der Waals surface area contributed by atoms with Gasteiger partial charge in [0, 0.05) is 6.04 Å². The summed E-state index contributed by atoms with van der Waals surface area (Å²) in [6.45, 7) is 0. The lowest BCUT2D eigenvalue weighted by Crippen LogP contribution is -2.30. The summed E-state index contributed by atoms with van der Waals surface area (Å²) in [5.41, 5.74) is 0. The van der Waals surface area contributed by atoms with Gasteiger partial charge in [0.25, 0.3) is 0 Å². The topological polar surface area (TPSA) is 72.0 Å². The molecule has 0 amide bonds. The van der Waals surface area contributed by atoms with Crippen molar-refractivity contribution < 1.29 is 8.42 Å². The van der Waals surface area contributed by atoms with Crippen LogP contribution >= 0.6 is 11.6 Å². The molecule has 7 heteroatoms. The van der Waals surface area contributed by atoms with E-state index in [1.807, 2.05) is 0 Å². The van der Waals surface area contributed by atoms with E-state index in [4.69, 9.17) is 11.6 Å². The minimum atomic E-state index is -3.51. The molecule has 0 aromatic carbocycles. The molecule has 4 unspecified atom stereocenters. The third-order valence-corrected chi connectivity index (χ3v) is 6.54. The average molecular weight is 300 g/mol. The van der Waals surface area contributed by atoms with Crippen LogP contribution in [0, 0.1) is 23.7 Å². The maximum absolute atomic E-state index is 12.2. The molecule has 1 heterocycles. The minimum absolute atomic E-state index is 0.0558. The van der Waals surface area contributed by atoms with E-state index in [2.05, 4.69) is 14.7 Å². The van der Waals surface area contributed by atoms with Crippen molar-refractivity contribution in [2.24, 2.45) is 23.7 Å². The number of sulfonamides is 1. The third-order valence-electron chi connectivity index (χ3n) is 4.93. The van der Waals surface area contributed by atoms with E-state index in [0.717, 1.165) is 11.8 Å². The summed E-state index contributed by atoms with van der Waals surface area (Å²) in [6, 6.07) is 0.131. The van der Waals surface area contributed by atoms with Gasteiger partial charge in [0.15, 0.2) is 0 Å². The molecule has 2 bridgehead atoms. The first kappa shape index (κ1) is 12.1. The van der Waals surface area contributed by atoms with Gasteiger partial charge in [-0.2, -0.15) is 0 Å². The molecular formula is C12H14ClN3O2S. The SMILES string of the molecule is O=S(=O)(NC1C2C3CCC(C3)C12)c1cnc(Cl)nc1. The average Bonchev–Trinajstić information content (AvgIpc) is 2.78. The van der Waals surface area contributed by atoms with Crippen LogP contribution in [0.2, 0.25) is 5.28 Å². The van der Waals surface area contributed by atoms with Crippen molar-refractivity contribution >= 4 is 21.6 Å².